The summed E-state index contributed by atoms with van der Waals surface area (Å²) in [5, 5.41) is 11.0. The standard InChI is InChI=1S/C17H15F3N4O/c1-24(2)16-23-22-15(25-16)13-5-3-4-6-14(13)21-12-9-7-11(8-10-12)17(18,19)20/h3-10,21H,1-2H3. The monoisotopic (exact) mass is 348 g/mol. The van der Waals surface area contributed by atoms with E-state index in [0.29, 0.717) is 28.8 Å². The molecule has 0 aliphatic rings. The third-order valence-electron chi connectivity index (χ3n) is 3.45. The molecule has 0 spiro atoms. The number of alkyl halides is 3. The summed E-state index contributed by atoms with van der Waals surface area (Å²) >= 11 is 0. The molecule has 25 heavy (non-hydrogen) atoms. The quantitative estimate of drug-likeness (QED) is 0.749. The Hall–Kier alpha value is -3.03. The summed E-state index contributed by atoms with van der Waals surface area (Å²) in [4.78, 5) is 1.68. The number of nitrogens with zero attached hydrogens (tertiary/aromatic N) is 3. The number of rotatable bonds is 4. The lowest BCUT2D eigenvalue weighted by molar-refractivity contribution is -0.137. The molecule has 3 aromatic rings. The van der Waals surface area contributed by atoms with Crippen molar-refractivity contribution in [2.45, 2.75) is 6.18 Å². The number of hydrogen-bond donors (Lipinski definition) is 1. The maximum Gasteiger partial charge on any atom is 0.416 e. The van der Waals surface area contributed by atoms with Gasteiger partial charge in [-0.25, -0.2) is 0 Å². The van der Waals surface area contributed by atoms with E-state index in [2.05, 4.69) is 15.5 Å². The van der Waals surface area contributed by atoms with Gasteiger partial charge in [-0.2, -0.15) is 13.2 Å². The third-order valence-corrected chi connectivity index (χ3v) is 3.45. The summed E-state index contributed by atoms with van der Waals surface area (Å²) in [5.74, 6) is 0.318. The molecule has 8 heteroatoms. The van der Waals surface area contributed by atoms with Crippen LogP contribution in [0.1, 0.15) is 5.56 Å². The first-order valence-corrected chi connectivity index (χ1v) is 7.39. The van der Waals surface area contributed by atoms with Crippen LogP contribution >= 0.6 is 0 Å². The van der Waals surface area contributed by atoms with Crippen molar-refractivity contribution in [3.8, 4) is 11.5 Å². The van der Waals surface area contributed by atoms with Crippen molar-refractivity contribution in [1.29, 1.82) is 0 Å². The van der Waals surface area contributed by atoms with Gasteiger partial charge in [0.1, 0.15) is 0 Å². The average Bonchev–Trinajstić information content (AvgIpc) is 3.05. The lowest BCUT2D eigenvalue weighted by Gasteiger charge is -2.11. The Bertz CT molecular complexity index is 857. The molecule has 1 N–H and O–H groups in total. The normalized spacial score (nSPS) is 11.4. The molecule has 5 nitrogen and oxygen atoms in total. The van der Waals surface area contributed by atoms with Gasteiger partial charge in [-0.1, -0.05) is 17.2 Å². The molecule has 0 radical (unpaired) electrons. The van der Waals surface area contributed by atoms with Crippen LogP contribution in [0.3, 0.4) is 0 Å². The van der Waals surface area contributed by atoms with E-state index in [4.69, 9.17) is 4.42 Å². The fourth-order valence-electron chi connectivity index (χ4n) is 2.18. The highest BCUT2D eigenvalue weighted by Gasteiger charge is 2.29. The van der Waals surface area contributed by atoms with Crippen LogP contribution in [0.5, 0.6) is 0 Å². The number of nitrogens with one attached hydrogen (secondary N) is 1. The molecule has 0 unspecified atom stereocenters. The molecule has 0 aliphatic carbocycles. The molecule has 1 aromatic heterocycles. The van der Waals surface area contributed by atoms with E-state index in [0.717, 1.165) is 12.1 Å². The highest BCUT2D eigenvalue weighted by atomic mass is 19.4. The van der Waals surface area contributed by atoms with Crippen LogP contribution in [0.2, 0.25) is 0 Å². The minimum Gasteiger partial charge on any atom is -0.403 e. The van der Waals surface area contributed by atoms with E-state index in [-0.39, 0.29) is 0 Å². The predicted octanol–water partition coefficient (Wildman–Crippen LogP) is 4.57. The number of halogens is 3. The first kappa shape index (κ1) is 16.8. The second kappa shape index (κ2) is 6.46. The van der Waals surface area contributed by atoms with E-state index in [9.17, 15) is 13.2 Å². The van der Waals surface area contributed by atoms with Gasteiger partial charge in [-0.15, -0.1) is 5.10 Å². The summed E-state index contributed by atoms with van der Waals surface area (Å²) < 4.78 is 43.5. The van der Waals surface area contributed by atoms with Crippen LogP contribution in [0.15, 0.2) is 52.9 Å². The summed E-state index contributed by atoms with van der Waals surface area (Å²) in [6.07, 6.45) is -4.36. The molecular weight excluding hydrogens is 333 g/mol. The predicted molar refractivity (Wildman–Crippen MR) is 88.8 cm³/mol. The molecule has 0 saturated heterocycles. The molecule has 0 aliphatic heterocycles. The van der Waals surface area contributed by atoms with Crippen molar-refractivity contribution < 1.29 is 17.6 Å². The van der Waals surface area contributed by atoms with Crippen molar-refractivity contribution >= 4 is 17.4 Å². The molecule has 0 bridgehead atoms. The maximum absolute atomic E-state index is 12.6. The molecular formula is C17H15F3N4O. The van der Waals surface area contributed by atoms with Crippen molar-refractivity contribution in [2.75, 3.05) is 24.3 Å². The Kier molecular flexibility index (Phi) is 4.35. The molecule has 3 rings (SSSR count). The first-order valence-electron chi connectivity index (χ1n) is 7.39. The van der Waals surface area contributed by atoms with Crippen LogP contribution in [-0.2, 0) is 6.18 Å². The van der Waals surface area contributed by atoms with E-state index in [1.54, 1.807) is 37.2 Å². The van der Waals surface area contributed by atoms with Crippen LogP contribution < -0.4 is 10.2 Å². The average molecular weight is 348 g/mol. The van der Waals surface area contributed by atoms with E-state index in [1.807, 2.05) is 6.07 Å². The zero-order chi connectivity index (χ0) is 18.0. The number of aromatic nitrogens is 2. The van der Waals surface area contributed by atoms with Crippen LogP contribution in [0.4, 0.5) is 30.6 Å². The summed E-state index contributed by atoms with van der Waals surface area (Å²) in [7, 11) is 3.56. The minimum atomic E-state index is -4.36. The number of para-hydroxylation sites is 1. The van der Waals surface area contributed by atoms with Crippen molar-refractivity contribution in [3.63, 3.8) is 0 Å². The van der Waals surface area contributed by atoms with Crippen LogP contribution in [0.25, 0.3) is 11.5 Å². The van der Waals surface area contributed by atoms with Gasteiger partial charge in [0, 0.05) is 19.8 Å². The Labute approximate surface area is 142 Å². The topological polar surface area (TPSA) is 54.2 Å². The molecule has 0 atom stereocenters. The summed E-state index contributed by atoms with van der Waals surface area (Å²) in [6, 6.07) is 12.4. The summed E-state index contributed by atoms with van der Waals surface area (Å²) in [6.45, 7) is 0. The highest BCUT2D eigenvalue weighted by molar-refractivity contribution is 5.77. The number of anilines is 3. The second-order valence-electron chi connectivity index (χ2n) is 5.53. The fourth-order valence-corrected chi connectivity index (χ4v) is 2.18. The smallest absolute Gasteiger partial charge is 0.403 e. The lowest BCUT2D eigenvalue weighted by Crippen LogP contribution is -2.08. The van der Waals surface area contributed by atoms with Crippen molar-refractivity contribution in [1.82, 2.24) is 10.2 Å². The lowest BCUT2D eigenvalue weighted by atomic mass is 10.1. The van der Waals surface area contributed by atoms with E-state index in [1.165, 1.54) is 12.1 Å². The van der Waals surface area contributed by atoms with Gasteiger partial charge in [0.05, 0.1) is 16.8 Å². The maximum atomic E-state index is 12.6. The van der Waals surface area contributed by atoms with Crippen LogP contribution in [0, 0.1) is 0 Å². The van der Waals surface area contributed by atoms with Gasteiger partial charge < -0.3 is 14.6 Å². The van der Waals surface area contributed by atoms with Gasteiger partial charge in [0.2, 0.25) is 0 Å². The highest BCUT2D eigenvalue weighted by Crippen LogP contribution is 2.33. The first-order chi connectivity index (χ1) is 11.8. The Morgan fingerprint density at radius 2 is 1.64 bits per heavy atom. The molecule has 1 heterocycles. The van der Waals surface area contributed by atoms with Crippen molar-refractivity contribution in [2.24, 2.45) is 0 Å². The van der Waals surface area contributed by atoms with Gasteiger partial charge in [-0.3, -0.25) is 0 Å². The molecule has 0 saturated carbocycles. The van der Waals surface area contributed by atoms with Crippen LogP contribution in [-0.4, -0.2) is 24.3 Å². The Morgan fingerprint density at radius 3 is 2.24 bits per heavy atom. The Morgan fingerprint density at radius 1 is 0.960 bits per heavy atom. The number of hydrogen-bond acceptors (Lipinski definition) is 5. The molecule has 2 aromatic carbocycles. The summed E-state index contributed by atoms with van der Waals surface area (Å²) in [5.41, 5.74) is 1.13. The minimum absolute atomic E-state index is 0.318. The Balaban J connectivity index is 1.88. The molecule has 0 amide bonds. The fraction of sp³-hybridized carbons (Fsp3) is 0.176. The van der Waals surface area contributed by atoms with Gasteiger partial charge in [0.25, 0.3) is 5.89 Å². The largest absolute Gasteiger partial charge is 0.416 e. The van der Waals surface area contributed by atoms with Gasteiger partial charge in [0.15, 0.2) is 0 Å². The third kappa shape index (κ3) is 3.73. The SMILES string of the molecule is CN(C)c1nnc(-c2ccccc2Nc2ccc(C(F)(F)F)cc2)o1. The van der Waals surface area contributed by atoms with E-state index >= 15 is 0 Å². The number of benzene rings is 2. The molecule has 130 valence electrons. The second-order valence-corrected chi connectivity index (χ2v) is 5.53. The zero-order valence-electron chi connectivity index (χ0n) is 13.5. The van der Waals surface area contributed by atoms with Crippen molar-refractivity contribution in [3.05, 3.63) is 54.1 Å². The zero-order valence-corrected chi connectivity index (χ0v) is 13.5. The molecule has 0 fully saturated rings. The van der Waals surface area contributed by atoms with E-state index < -0.39 is 11.7 Å². The van der Waals surface area contributed by atoms with Gasteiger partial charge >= 0.3 is 12.2 Å². The van der Waals surface area contributed by atoms with Gasteiger partial charge in [-0.05, 0) is 36.4 Å².